The fourth-order valence-electron chi connectivity index (χ4n) is 3.72. The number of imide groups is 1. The van der Waals surface area contributed by atoms with Crippen molar-refractivity contribution in [3.63, 3.8) is 0 Å². The number of para-hydroxylation sites is 1. The summed E-state index contributed by atoms with van der Waals surface area (Å²) in [5, 5.41) is 1.69. The molecule has 2 fully saturated rings. The standard InChI is InChI=1S/C20H20N2O4/c1-3-21-19(23)16-17(13-9-11-15(25-2)12-10-13)22(26-18(16)20(21)24)14-7-5-4-6-8-14/h4-12,16-18H,3H2,1-2H3/t16-,17+,18+/m0/s1. The lowest BCUT2D eigenvalue weighted by Gasteiger charge is -2.28. The molecule has 0 unspecified atom stereocenters. The lowest BCUT2D eigenvalue weighted by molar-refractivity contribution is -0.142. The van der Waals surface area contributed by atoms with Crippen LogP contribution in [0.1, 0.15) is 18.5 Å². The minimum atomic E-state index is -0.783. The molecule has 26 heavy (non-hydrogen) atoms. The topological polar surface area (TPSA) is 59.1 Å². The van der Waals surface area contributed by atoms with Crippen LogP contribution >= 0.6 is 0 Å². The van der Waals surface area contributed by atoms with Crippen LogP contribution in [-0.2, 0) is 14.4 Å². The van der Waals surface area contributed by atoms with Crippen molar-refractivity contribution in [1.82, 2.24) is 4.90 Å². The summed E-state index contributed by atoms with van der Waals surface area (Å²) < 4.78 is 5.23. The summed E-state index contributed by atoms with van der Waals surface area (Å²) in [6, 6.07) is 16.7. The number of likely N-dealkylation sites (tertiary alicyclic amines) is 1. The van der Waals surface area contributed by atoms with Crippen molar-refractivity contribution in [3.8, 4) is 5.75 Å². The van der Waals surface area contributed by atoms with Gasteiger partial charge in [0.15, 0.2) is 6.10 Å². The van der Waals surface area contributed by atoms with Crippen LogP contribution in [0.4, 0.5) is 5.69 Å². The molecule has 0 radical (unpaired) electrons. The zero-order valence-electron chi connectivity index (χ0n) is 14.7. The zero-order valence-corrected chi connectivity index (χ0v) is 14.7. The molecule has 0 bridgehead atoms. The molecule has 2 heterocycles. The molecule has 0 spiro atoms. The number of benzene rings is 2. The number of rotatable bonds is 4. The van der Waals surface area contributed by atoms with Gasteiger partial charge >= 0.3 is 0 Å². The van der Waals surface area contributed by atoms with Crippen LogP contribution in [0.25, 0.3) is 0 Å². The van der Waals surface area contributed by atoms with Crippen LogP contribution in [-0.4, -0.2) is 36.5 Å². The monoisotopic (exact) mass is 352 g/mol. The Kier molecular flexibility index (Phi) is 4.12. The number of methoxy groups -OCH3 is 1. The van der Waals surface area contributed by atoms with Gasteiger partial charge < -0.3 is 4.74 Å². The van der Waals surface area contributed by atoms with E-state index in [4.69, 9.17) is 9.57 Å². The van der Waals surface area contributed by atoms with Crippen LogP contribution in [0.15, 0.2) is 54.6 Å². The molecule has 2 saturated heterocycles. The maximum Gasteiger partial charge on any atom is 0.261 e. The van der Waals surface area contributed by atoms with E-state index < -0.39 is 12.0 Å². The molecule has 0 saturated carbocycles. The average molecular weight is 352 g/mol. The molecular formula is C20H20N2O4. The number of anilines is 1. The molecule has 6 nitrogen and oxygen atoms in total. The first-order valence-corrected chi connectivity index (χ1v) is 8.66. The van der Waals surface area contributed by atoms with Gasteiger partial charge in [-0.3, -0.25) is 19.3 Å². The zero-order chi connectivity index (χ0) is 18.3. The van der Waals surface area contributed by atoms with Crippen LogP contribution in [0, 0.1) is 5.92 Å². The number of hydrogen-bond acceptors (Lipinski definition) is 5. The SMILES string of the molecule is CCN1C(=O)[C@H]2[C@@H](c3ccc(OC)cc3)N(c3ccccc3)O[C@H]2C1=O. The molecule has 0 aromatic heterocycles. The number of carbonyl (C=O) groups excluding carboxylic acids is 2. The summed E-state index contributed by atoms with van der Waals surface area (Å²) in [4.78, 5) is 32.8. The molecule has 2 aliphatic heterocycles. The molecule has 134 valence electrons. The number of ether oxygens (including phenoxy) is 1. The maximum atomic E-state index is 12.9. The lowest BCUT2D eigenvalue weighted by atomic mass is 9.90. The number of hydrogen-bond donors (Lipinski definition) is 0. The van der Waals surface area contributed by atoms with Crippen molar-refractivity contribution >= 4 is 17.5 Å². The third-order valence-corrected chi connectivity index (χ3v) is 4.99. The average Bonchev–Trinajstić information content (AvgIpc) is 3.19. The third-order valence-electron chi connectivity index (χ3n) is 4.99. The molecule has 2 aliphatic rings. The van der Waals surface area contributed by atoms with Crippen molar-refractivity contribution in [1.29, 1.82) is 0 Å². The van der Waals surface area contributed by atoms with Gasteiger partial charge in [-0.25, -0.2) is 5.06 Å². The van der Waals surface area contributed by atoms with Crippen LogP contribution in [0.5, 0.6) is 5.75 Å². The second-order valence-electron chi connectivity index (χ2n) is 6.35. The number of amides is 2. The van der Waals surface area contributed by atoms with E-state index in [1.165, 1.54) is 4.90 Å². The minimum Gasteiger partial charge on any atom is -0.497 e. The van der Waals surface area contributed by atoms with E-state index in [-0.39, 0.29) is 17.9 Å². The van der Waals surface area contributed by atoms with Crippen LogP contribution < -0.4 is 9.80 Å². The van der Waals surface area contributed by atoms with Crippen LogP contribution in [0.2, 0.25) is 0 Å². The first-order valence-electron chi connectivity index (χ1n) is 8.66. The van der Waals surface area contributed by atoms with E-state index in [1.54, 1.807) is 19.1 Å². The van der Waals surface area contributed by atoms with Gasteiger partial charge in [0, 0.05) is 6.54 Å². The van der Waals surface area contributed by atoms with Gasteiger partial charge in [0.25, 0.3) is 5.91 Å². The number of fused-ring (bicyclic) bond motifs is 1. The lowest BCUT2D eigenvalue weighted by Crippen LogP contribution is -2.37. The summed E-state index contributed by atoms with van der Waals surface area (Å²) in [5.74, 6) is -0.267. The van der Waals surface area contributed by atoms with Crippen molar-refractivity contribution in [2.24, 2.45) is 5.92 Å². The Morgan fingerprint density at radius 2 is 1.69 bits per heavy atom. The smallest absolute Gasteiger partial charge is 0.261 e. The first kappa shape index (κ1) is 16.6. The number of likely N-dealkylation sites (N-methyl/N-ethyl adjacent to an activating group) is 1. The van der Waals surface area contributed by atoms with E-state index in [2.05, 4.69) is 0 Å². The van der Waals surface area contributed by atoms with Gasteiger partial charge in [-0.15, -0.1) is 0 Å². The highest BCUT2D eigenvalue weighted by Crippen LogP contribution is 2.46. The highest BCUT2D eigenvalue weighted by molar-refractivity contribution is 6.07. The van der Waals surface area contributed by atoms with Gasteiger partial charge in [0.1, 0.15) is 11.7 Å². The molecule has 2 amide bonds. The molecule has 3 atom stereocenters. The second kappa shape index (κ2) is 6.46. The molecule has 2 aromatic rings. The fourth-order valence-corrected chi connectivity index (χ4v) is 3.72. The highest BCUT2D eigenvalue weighted by Gasteiger charge is 2.59. The van der Waals surface area contributed by atoms with Crippen molar-refractivity contribution in [2.75, 3.05) is 18.7 Å². The Bertz CT molecular complexity index is 821. The number of nitrogens with zero attached hydrogens (tertiary/aromatic N) is 2. The molecule has 6 heteroatoms. The number of carbonyl (C=O) groups is 2. The van der Waals surface area contributed by atoms with E-state index in [9.17, 15) is 9.59 Å². The Balaban J connectivity index is 1.78. The largest absolute Gasteiger partial charge is 0.497 e. The Morgan fingerprint density at radius 1 is 1.00 bits per heavy atom. The Morgan fingerprint density at radius 3 is 2.31 bits per heavy atom. The van der Waals surface area contributed by atoms with Gasteiger partial charge in [-0.05, 0) is 36.8 Å². The van der Waals surface area contributed by atoms with E-state index in [0.717, 1.165) is 17.0 Å². The summed E-state index contributed by atoms with van der Waals surface area (Å²) in [6.45, 7) is 2.16. The van der Waals surface area contributed by atoms with Crippen molar-refractivity contribution in [2.45, 2.75) is 19.1 Å². The predicted octanol–water partition coefficient (Wildman–Crippen LogP) is 2.56. The number of hydroxylamine groups is 1. The summed E-state index contributed by atoms with van der Waals surface area (Å²) in [5.41, 5.74) is 1.72. The molecule has 0 N–H and O–H groups in total. The third kappa shape index (κ3) is 2.45. The molecule has 0 aliphatic carbocycles. The van der Waals surface area contributed by atoms with Gasteiger partial charge in [0.2, 0.25) is 5.91 Å². The van der Waals surface area contributed by atoms with Crippen molar-refractivity contribution < 1.29 is 19.2 Å². The minimum absolute atomic E-state index is 0.179. The Labute approximate surface area is 151 Å². The van der Waals surface area contributed by atoms with Gasteiger partial charge in [0.05, 0.1) is 18.8 Å². The summed E-state index contributed by atoms with van der Waals surface area (Å²) >= 11 is 0. The van der Waals surface area contributed by atoms with E-state index in [0.29, 0.717) is 6.54 Å². The van der Waals surface area contributed by atoms with E-state index in [1.807, 2.05) is 54.6 Å². The Hall–Kier alpha value is -2.86. The van der Waals surface area contributed by atoms with Gasteiger partial charge in [-0.1, -0.05) is 30.3 Å². The second-order valence-corrected chi connectivity index (χ2v) is 6.35. The molecular weight excluding hydrogens is 332 g/mol. The highest BCUT2D eigenvalue weighted by atomic mass is 16.7. The van der Waals surface area contributed by atoms with Crippen LogP contribution in [0.3, 0.4) is 0 Å². The van der Waals surface area contributed by atoms with Gasteiger partial charge in [-0.2, -0.15) is 0 Å². The first-order chi connectivity index (χ1) is 12.7. The molecule has 2 aromatic carbocycles. The van der Waals surface area contributed by atoms with E-state index >= 15 is 0 Å². The fraction of sp³-hybridized carbons (Fsp3) is 0.300. The summed E-state index contributed by atoms with van der Waals surface area (Å²) in [7, 11) is 1.61. The predicted molar refractivity (Wildman–Crippen MR) is 95.4 cm³/mol. The normalized spacial score (nSPS) is 24.9. The quantitative estimate of drug-likeness (QED) is 0.792. The molecule has 4 rings (SSSR count). The maximum absolute atomic E-state index is 12.9. The van der Waals surface area contributed by atoms with Crippen molar-refractivity contribution in [3.05, 3.63) is 60.2 Å². The summed E-state index contributed by atoms with van der Waals surface area (Å²) in [6.07, 6.45) is -0.783.